The van der Waals surface area contributed by atoms with Crippen molar-refractivity contribution >= 4 is 11.3 Å². The zero-order chi connectivity index (χ0) is 14.0. The minimum Gasteiger partial charge on any atom is -0.388 e. The van der Waals surface area contributed by atoms with Crippen molar-refractivity contribution in [2.24, 2.45) is 5.92 Å². The molecule has 2 aromatic rings. The minimum atomic E-state index is -0.597. The van der Waals surface area contributed by atoms with Gasteiger partial charge in [0.1, 0.15) is 5.52 Å². The summed E-state index contributed by atoms with van der Waals surface area (Å²) in [6, 6.07) is 1.92. The maximum atomic E-state index is 10.7. The Morgan fingerprint density at radius 1 is 1.40 bits per heavy atom. The topological polar surface area (TPSA) is 62.5 Å². The van der Waals surface area contributed by atoms with E-state index in [-0.39, 0.29) is 0 Å². The highest BCUT2D eigenvalue weighted by Crippen LogP contribution is 2.33. The van der Waals surface area contributed by atoms with Crippen LogP contribution in [0.25, 0.3) is 5.52 Å². The number of aromatic nitrogens is 3. The molecular weight excluding hydrogens is 252 g/mol. The largest absolute Gasteiger partial charge is 0.388 e. The molecule has 0 saturated heterocycles. The Labute approximate surface area is 119 Å². The van der Waals surface area contributed by atoms with E-state index in [2.05, 4.69) is 22.3 Å². The van der Waals surface area contributed by atoms with E-state index in [0.717, 1.165) is 42.9 Å². The summed E-state index contributed by atoms with van der Waals surface area (Å²) in [6.45, 7) is 2.79. The number of hydrogen-bond acceptors (Lipinski definition) is 4. The molecule has 2 N–H and O–H groups in total. The van der Waals surface area contributed by atoms with Gasteiger partial charge in [-0.05, 0) is 37.7 Å². The number of fused-ring (bicyclic) bond motifs is 1. The monoisotopic (exact) mass is 274 g/mol. The first-order valence-corrected chi connectivity index (χ1v) is 7.45. The maximum absolute atomic E-state index is 10.7. The first kappa shape index (κ1) is 13.4. The molecule has 0 bridgehead atoms. The van der Waals surface area contributed by atoms with Crippen LogP contribution < -0.4 is 5.32 Å². The van der Waals surface area contributed by atoms with Crippen LogP contribution in [0.1, 0.15) is 39.0 Å². The van der Waals surface area contributed by atoms with Gasteiger partial charge in [-0.2, -0.15) is 5.10 Å². The number of aliphatic hydroxyl groups is 1. The molecule has 0 radical (unpaired) electrons. The number of hydrogen-bond donors (Lipinski definition) is 2. The molecule has 2 aromatic heterocycles. The molecule has 108 valence electrons. The van der Waals surface area contributed by atoms with Crippen molar-refractivity contribution in [1.82, 2.24) is 14.6 Å². The molecule has 1 aliphatic rings. The molecule has 0 unspecified atom stereocenters. The van der Waals surface area contributed by atoms with Crippen LogP contribution in [0.3, 0.4) is 0 Å². The molecule has 0 amide bonds. The molecule has 0 aromatic carbocycles. The third-order valence-corrected chi connectivity index (χ3v) is 4.52. The Morgan fingerprint density at radius 3 is 2.95 bits per heavy atom. The summed E-state index contributed by atoms with van der Waals surface area (Å²) in [5, 5.41) is 18.1. The van der Waals surface area contributed by atoms with Gasteiger partial charge in [-0.15, -0.1) is 0 Å². The molecule has 3 rings (SSSR count). The van der Waals surface area contributed by atoms with Crippen molar-refractivity contribution < 1.29 is 5.11 Å². The van der Waals surface area contributed by atoms with Crippen LogP contribution in [0.15, 0.2) is 24.7 Å². The number of nitrogens with one attached hydrogen (secondary N) is 1. The Kier molecular flexibility index (Phi) is 3.61. The predicted molar refractivity (Wildman–Crippen MR) is 78.7 cm³/mol. The second kappa shape index (κ2) is 5.40. The fourth-order valence-electron chi connectivity index (χ4n) is 3.04. The Balaban J connectivity index is 1.66. The van der Waals surface area contributed by atoms with Gasteiger partial charge < -0.3 is 10.4 Å². The molecule has 0 atom stereocenters. The van der Waals surface area contributed by atoms with Crippen molar-refractivity contribution in [3.63, 3.8) is 0 Å². The molecule has 1 fully saturated rings. The second-order valence-corrected chi connectivity index (χ2v) is 5.87. The van der Waals surface area contributed by atoms with Gasteiger partial charge in [-0.25, -0.2) is 9.50 Å². The molecule has 5 nitrogen and oxygen atoms in total. The summed E-state index contributed by atoms with van der Waals surface area (Å²) in [5.74, 6) is 1.57. The summed E-state index contributed by atoms with van der Waals surface area (Å²) in [4.78, 5) is 4.34. The third kappa shape index (κ3) is 2.63. The molecule has 0 spiro atoms. The molecule has 0 aliphatic heterocycles. The quantitative estimate of drug-likeness (QED) is 0.899. The number of nitrogens with zero attached hydrogens (tertiary/aromatic N) is 3. The molecule has 1 aliphatic carbocycles. The van der Waals surface area contributed by atoms with Gasteiger partial charge in [0.05, 0.1) is 11.8 Å². The third-order valence-electron chi connectivity index (χ3n) is 4.52. The van der Waals surface area contributed by atoms with Gasteiger partial charge in [-0.3, -0.25) is 0 Å². The first-order valence-electron chi connectivity index (χ1n) is 7.45. The molecule has 2 heterocycles. The highest BCUT2D eigenvalue weighted by atomic mass is 16.3. The van der Waals surface area contributed by atoms with Crippen LogP contribution in [0, 0.1) is 5.92 Å². The molecular formula is C15H22N4O. The fourth-order valence-corrected chi connectivity index (χ4v) is 3.04. The standard InChI is InChI=1S/C15H22N4O/c1-2-12-3-6-15(20,7-4-12)11-17-14-13-5-8-18-19(13)10-9-16-14/h5,8-10,12,20H,2-4,6-7,11H2,1H3,(H,16,17). The lowest BCUT2D eigenvalue weighted by molar-refractivity contribution is 0.00225. The van der Waals surface area contributed by atoms with Crippen LogP contribution in [0.2, 0.25) is 0 Å². The van der Waals surface area contributed by atoms with E-state index in [4.69, 9.17) is 0 Å². The summed E-state index contributed by atoms with van der Waals surface area (Å²) < 4.78 is 1.79. The zero-order valence-electron chi connectivity index (χ0n) is 11.9. The van der Waals surface area contributed by atoms with E-state index in [1.165, 1.54) is 6.42 Å². The zero-order valence-corrected chi connectivity index (χ0v) is 11.9. The van der Waals surface area contributed by atoms with E-state index < -0.39 is 5.60 Å². The van der Waals surface area contributed by atoms with Gasteiger partial charge in [0.25, 0.3) is 0 Å². The fraction of sp³-hybridized carbons (Fsp3) is 0.600. The van der Waals surface area contributed by atoms with Gasteiger partial charge in [-0.1, -0.05) is 13.3 Å². The molecule has 5 heteroatoms. The highest BCUT2D eigenvalue weighted by Gasteiger charge is 2.32. The lowest BCUT2D eigenvalue weighted by Crippen LogP contribution is -2.40. The minimum absolute atomic E-state index is 0.557. The normalized spacial score (nSPS) is 26.8. The summed E-state index contributed by atoms with van der Waals surface area (Å²) in [7, 11) is 0. The number of rotatable bonds is 4. The van der Waals surface area contributed by atoms with E-state index >= 15 is 0 Å². The maximum Gasteiger partial charge on any atom is 0.152 e. The van der Waals surface area contributed by atoms with Crippen molar-refractivity contribution in [3.8, 4) is 0 Å². The van der Waals surface area contributed by atoms with Crippen LogP contribution in [-0.2, 0) is 0 Å². The predicted octanol–water partition coefficient (Wildman–Crippen LogP) is 2.47. The van der Waals surface area contributed by atoms with E-state index in [1.54, 1.807) is 16.9 Å². The summed E-state index contributed by atoms with van der Waals surface area (Å²) in [6.07, 6.45) is 10.5. The SMILES string of the molecule is CCC1CCC(O)(CNc2nccn3nccc23)CC1. The van der Waals surface area contributed by atoms with Crippen molar-refractivity contribution in [2.45, 2.75) is 44.6 Å². The lowest BCUT2D eigenvalue weighted by Gasteiger charge is -2.36. The Morgan fingerprint density at radius 2 is 2.20 bits per heavy atom. The van der Waals surface area contributed by atoms with Gasteiger partial charge in [0.15, 0.2) is 5.82 Å². The average molecular weight is 274 g/mol. The van der Waals surface area contributed by atoms with E-state index in [0.29, 0.717) is 6.54 Å². The van der Waals surface area contributed by atoms with Crippen LogP contribution in [0.4, 0.5) is 5.82 Å². The van der Waals surface area contributed by atoms with Crippen LogP contribution in [-0.4, -0.2) is 31.9 Å². The number of anilines is 1. The van der Waals surface area contributed by atoms with Crippen molar-refractivity contribution in [1.29, 1.82) is 0 Å². The van der Waals surface area contributed by atoms with Crippen LogP contribution >= 0.6 is 0 Å². The van der Waals surface area contributed by atoms with Gasteiger partial charge in [0.2, 0.25) is 0 Å². The van der Waals surface area contributed by atoms with Gasteiger partial charge >= 0.3 is 0 Å². The van der Waals surface area contributed by atoms with Crippen molar-refractivity contribution in [3.05, 3.63) is 24.7 Å². The smallest absolute Gasteiger partial charge is 0.152 e. The molecule has 20 heavy (non-hydrogen) atoms. The molecule has 1 saturated carbocycles. The van der Waals surface area contributed by atoms with Crippen LogP contribution in [0.5, 0.6) is 0 Å². The van der Waals surface area contributed by atoms with E-state index in [1.807, 2.05) is 12.3 Å². The summed E-state index contributed by atoms with van der Waals surface area (Å²) in [5.41, 5.74) is 0.346. The Hall–Kier alpha value is -1.62. The second-order valence-electron chi connectivity index (χ2n) is 5.87. The highest BCUT2D eigenvalue weighted by molar-refractivity contribution is 5.66. The Bertz CT molecular complexity index is 572. The van der Waals surface area contributed by atoms with E-state index in [9.17, 15) is 5.11 Å². The summed E-state index contributed by atoms with van der Waals surface area (Å²) >= 11 is 0. The van der Waals surface area contributed by atoms with Crippen molar-refractivity contribution in [2.75, 3.05) is 11.9 Å². The van der Waals surface area contributed by atoms with Gasteiger partial charge in [0, 0.05) is 18.9 Å². The lowest BCUT2D eigenvalue weighted by atomic mass is 9.78. The first-order chi connectivity index (χ1) is 9.70. The average Bonchev–Trinajstić information content (AvgIpc) is 2.95.